The molecule has 74 valence electrons. The fourth-order valence-electron chi connectivity index (χ4n) is 1.92. The highest BCUT2D eigenvalue weighted by atomic mass is 15.1. The van der Waals surface area contributed by atoms with Gasteiger partial charge in [0.05, 0.1) is 6.07 Å². The van der Waals surface area contributed by atoms with Gasteiger partial charge in [0.25, 0.3) is 0 Å². The van der Waals surface area contributed by atoms with E-state index in [0.29, 0.717) is 5.92 Å². The van der Waals surface area contributed by atoms with E-state index in [1.807, 2.05) is 14.1 Å². The average Bonchev–Trinajstić information content (AvgIpc) is 2.00. The Bertz CT molecular complexity index is 199. The van der Waals surface area contributed by atoms with E-state index in [0.717, 1.165) is 25.9 Å². The highest BCUT2D eigenvalue weighted by Gasteiger charge is 2.41. The van der Waals surface area contributed by atoms with Gasteiger partial charge in [0, 0.05) is 13.1 Å². The minimum absolute atomic E-state index is 0.199. The van der Waals surface area contributed by atoms with Crippen molar-refractivity contribution >= 4 is 0 Å². The van der Waals surface area contributed by atoms with Gasteiger partial charge in [-0.1, -0.05) is 6.92 Å². The monoisotopic (exact) mass is 181 g/mol. The summed E-state index contributed by atoms with van der Waals surface area (Å²) in [7, 11) is 4.09. The third-order valence-corrected chi connectivity index (χ3v) is 2.63. The molecule has 0 aromatic heterocycles. The molecule has 13 heavy (non-hydrogen) atoms. The number of hydrogen-bond donors (Lipinski definition) is 1. The molecule has 0 spiro atoms. The van der Waals surface area contributed by atoms with Gasteiger partial charge in [-0.05, 0) is 32.9 Å². The van der Waals surface area contributed by atoms with Crippen LogP contribution >= 0.6 is 0 Å². The molecular formula is C10H19N3. The Labute approximate surface area is 80.7 Å². The van der Waals surface area contributed by atoms with Crippen LogP contribution in [0.25, 0.3) is 0 Å². The van der Waals surface area contributed by atoms with Gasteiger partial charge in [0.2, 0.25) is 0 Å². The first-order chi connectivity index (χ1) is 6.08. The Morgan fingerprint density at radius 1 is 1.54 bits per heavy atom. The quantitative estimate of drug-likeness (QED) is 0.698. The maximum Gasteiger partial charge on any atom is 0.107 e. The lowest BCUT2D eigenvalue weighted by atomic mass is 9.70. The van der Waals surface area contributed by atoms with Crippen molar-refractivity contribution in [2.75, 3.05) is 27.2 Å². The van der Waals surface area contributed by atoms with E-state index < -0.39 is 0 Å². The topological polar surface area (TPSA) is 39.1 Å². The molecule has 1 saturated carbocycles. The minimum Gasteiger partial charge on any atom is -0.308 e. The summed E-state index contributed by atoms with van der Waals surface area (Å²) < 4.78 is 0. The molecule has 0 amide bonds. The molecule has 1 N–H and O–H groups in total. The lowest BCUT2D eigenvalue weighted by molar-refractivity contribution is 0.169. The summed E-state index contributed by atoms with van der Waals surface area (Å²) in [6.45, 7) is 4.11. The van der Waals surface area contributed by atoms with E-state index in [1.54, 1.807) is 0 Å². The van der Waals surface area contributed by atoms with Crippen LogP contribution in [0.4, 0.5) is 0 Å². The van der Waals surface area contributed by atoms with Gasteiger partial charge < -0.3 is 4.90 Å². The third-order valence-electron chi connectivity index (χ3n) is 2.63. The number of nitrogens with zero attached hydrogens (tertiary/aromatic N) is 2. The van der Waals surface area contributed by atoms with Crippen LogP contribution in [0.3, 0.4) is 0 Å². The van der Waals surface area contributed by atoms with Crippen molar-refractivity contribution in [3.63, 3.8) is 0 Å². The SMILES string of the molecule is CC1CC(C#N)(NCCN(C)C)C1. The second kappa shape index (κ2) is 4.08. The molecule has 0 heterocycles. The fourth-order valence-corrected chi connectivity index (χ4v) is 1.92. The van der Waals surface area contributed by atoms with E-state index >= 15 is 0 Å². The molecule has 1 aliphatic carbocycles. The van der Waals surface area contributed by atoms with Crippen LogP contribution in [0.15, 0.2) is 0 Å². The molecule has 0 aliphatic heterocycles. The standard InChI is InChI=1S/C10H19N3/c1-9-6-10(7-9,8-11)12-4-5-13(2)3/h9,12H,4-7H2,1-3H3. The summed E-state index contributed by atoms with van der Waals surface area (Å²) in [5.74, 6) is 0.714. The Hall–Kier alpha value is -0.590. The summed E-state index contributed by atoms with van der Waals surface area (Å²) in [4.78, 5) is 2.13. The van der Waals surface area contributed by atoms with Crippen molar-refractivity contribution in [2.24, 2.45) is 5.92 Å². The van der Waals surface area contributed by atoms with Crippen LogP contribution in [-0.2, 0) is 0 Å². The summed E-state index contributed by atoms with van der Waals surface area (Å²) >= 11 is 0. The van der Waals surface area contributed by atoms with Gasteiger partial charge in [-0.2, -0.15) is 5.26 Å². The zero-order valence-electron chi connectivity index (χ0n) is 8.80. The highest BCUT2D eigenvalue weighted by molar-refractivity contribution is 5.14. The maximum absolute atomic E-state index is 8.99. The van der Waals surface area contributed by atoms with Crippen LogP contribution in [-0.4, -0.2) is 37.6 Å². The highest BCUT2D eigenvalue weighted by Crippen LogP contribution is 2.36. The second-order valence-corrected chi connectivity index (χ2v) is 4.44. The summed E-state index contributed by atoms with van der Waals surface area (Å²) in [5.41, 5.74) is -0.199. The Morgan fingerprint density at radius 2 is 2.15 bits per heavy atom. The average molecular weight is 181 g/mol. The molecule has 0 saturated heterocycles. The van der Waals surface area contributed by atoms with Gasteiger partial charge in [-0.15, -0.1) is 0 Å². The van der Waals surface area contributed by atoms with E-state index in [1.165, 1.54) is 0 Å². The molecular weight excluding hydrogens is 162 g/mol. The van der Waals surface area contributed by atoms with E-state index in [2.05, 4.69) is 23.2 Å². The smallest absolute Gasteiger partial charge is 0.107 e. The lowest BCUT2D eigenvalue weighted by Gasteiger charge is -2.41. The van der Waals surface area contributed by atoms with Crippen molar-refractivity contribution < 1.29 is 0 Å². The number of nitrogens with one attached hydrogen (secondary N) is 1. The van der Waals surface area contributed by atoms with Crippen molar-refractivity contribution in [1.29, 1.82) is 5.26 Å². The molecule has 0 bridgehead atoms. The normalized spacial score (nSPS) is 32.7. The molecule has 0 aromatic rings. The summed E-state index contributed by atoms with van der Waals surface area (Å²) in [6, 6.07) is 2.39. The zero-order valence-corrected chi connectivity index (χ0v) is 8.80. The van der Waals surface area contributed by atoms with E-state index in [-0.39, 0.29) is 5.54 Å². The molecule has 0 radical (unpaired) electrons. The molecule has 0 atom stereocenters. The van der Waals surface area contributed by atoms with Crippen molar-refractivity contribution in [2.45, 2.75) is 25.3 Å². The molecule has 0 unspecified atom stereocenters. The van der Waals surface area contributed by atoms with Crippen molar-refractivity contribution in [3.8, 4) is 6.07 Å². The fraction of sp³-hybridized carbons (Fsp3) is 0.900. The largest absolute Gasteiger partial charge is 0.308 e. The van der Waals surface area contributed by atoms with Crippen LogP contribution in [0.5, 0.6) is 0 Å². The molecule has 1 fully saturated rings. The number of likely N-dealkylation sites (N-methyl/N-ethyl adjacent to an activating group) is 1. The Kier molecular flexibility index (Phi) is 3.29. The Balaban J connectivity index is 2.23. The van der Waals surface area contributed by atoms with Crippen molar-refractivity contribution in [3.05, 3.63) is 0 Å². The molecule has 0 aromatic carbocycles. The predicted octanol–water partition coefficient (Wildman–Crippen LogP) is 0.830. The van der Waals surface area contributed by atoms with Crippen LogP contribution in [0.2, 0.25) is 0 Å². The summed E-state index contributed by atoms with van der Waals surface area (Å²) in [5, 5.41) is 12.3. The molecule has 3 nitrogen and oxygen atoms in total. The maximum atomic E-state index is 8.99. The van der Waals surface area contributed by atoms with Crippen LogP contribution in [0, 0.1) is 17.2 Å². The number of nitriles is 1. The summed E-state index contributed by atoms with van der Waals surface area (Å²) in [6.07, 6.45) is 2.02. The van der Waals surface area contributed by atoms with Crippen molar-refractivity contribution in [1.82, 2.24) is 10.2 Å². The first-order valence-electron chi connectivity index (χ1n) is 4.89. The molecule has 3 heteroatoms. The van der Waals surface area contributed by atoms with Gasteiger partial charge in [-0.25, -0.2) is 0 Å². The lowest BCUT2D eigenvalue weighted by Crippen LogP contribution is -2.54. The first kappa shape index (κ1) is 10.5. The van der Waals surface area contributed by atoms with Crippen LogP contribution in [0.1, 0.15) is 19.8 Å². The third kappa shape index (κ3) is 2.68. The first-order valence-corrected chi connectivity index (χ1v) is 4.89. The van der Waals surface area contributed by atoms with E-state index in [4.69, 9.17) is 5.26 Å². The molecule has 1 rings (SSSR count). The Morgan fingerprint density at radius 3 is 2.54 bits per heavy atom. The zero-order chi connectivity index (χ0) is 9.90. The minimum atomic E-state index is -0.199. The van der Waals surface area contributed by atoms with Gasteiger partial charge in [-0.3, -0.25) is 5.32 Å². The number of hydrogen-bond acceptors (Lipinski definition) is 3. The van der Waals surface area contributed by atoms with Gasteiger partial charge in [0.15, 0.2) is 0 Å². The van der Waals surface area contributed by atoms with Gasteiger partial charge >= 0.3 is 0 Å². The van der Waals surface area contributed by atoms with Gasteiger partial charge in [0.1, 0.15) is 5.54 Å². The molecule has 1 aliphatic rings. The number of rotatable bonds is 4. The van der Waals surface area contributed by atoms with E-state index in [9.17, 15) is 0 Å². The second-order valence-electron chi connectivity index (χ2n) is 4.44. The van der Waals surface area contributed by atoms with Crippen LogP contribution < -0.4 is 5.32 Å². The predicted molar refractivity (Wildman–Crippen MR) is 53.3 cm³/mol.